The lowest BCUT2D eigenvalue weighted by Gasteiger charge is -2.72. The lowest BCUT2D eigenvalue weighted by molar-refractivity contribution is -0.219. The van der Waals surface area contributed by atoms with E-state index in [4.69, 9.17) is 0 Å². The van der Waals surface area contributed by atoms with Crippen LogP contribution in [0.2, 0.25) is 0 Å². The Kier molecular flexibility index (Phi) is 10.3. The van der Waals surface area contributed by atoms with E-state index >= 15 is 0 Å². The fraction of sp³-hybridized carbons (Fsp3) is 0.755. The molecule has 6 heteroatoms. The van der Waals surface area contributed by atoms with Crippen LogP contribution in [0.25, 0.3) is 5.57 Å². The summed E-state index contributed by atoms with van der Waals surface area (Å²) < 4.78 is 0. The smallest absolute Gasteiger partial charge is 0.335 e. The Morgan fingerprint density at radius 3 is 2.22 bits per heavy atom. The molecule has 8 rings (SSSR count). The van der Waals surface area contributed by atoms with Crippen molar-refractivity contribution in [3.05, 3.63) is 53.6 Å². The molecule has 1 aromatic carbocycles. The molecule has 0 aromatic heterocycles. The number of allylic oxidation sites excluding steroid dienone is 3. The number of carbonyl (C=O) groups is 2. The molecule has 1 aromatic rings. The number of fused-ring (bicyclic) bond motifs is 7. The molecule has 7 aliphatic rings. The first kappa shape index (κ1) is 39.4. The van der Waals surface area contributed by atoms with Crippen molar-refractivity contribution in [1.29, 1.82) is 0 Å². The predicted molar refractivity (Wildman–Crippen MR) is 224 cm³/mol. The van der Waals surface area contributed by atoms with E-state index in [-0.39, 0.29) is 16.4 Å². The number of nitrogens with zero attached hydrogens (tertiary/aromatic N) is 2. The number of nitrogens with one attached hydrogen (secondary N) is 1. The zero-order valence-electron chi connectivity index (χ0n) is 35.4. The van der Waals surface area contributed by atoms with Crippen LogP contribution in [0.1, 0.15) is 147 Å². The molecule has 9 atom stereocenters. The van der Waals surface area contributed by atoms with Gasteiger partial charge in [-0.25, -0.2) is 4.79 Å². The van der Waals surface area contributed by atoms with Crippen LogP contribution in [0, 0.1) is 57.2 Å². The first-order chi connectivity index (χ1) is 26.1. The summed E-state index contributed by atoms with van der Waals surface area (Å²) in [4.78, 5) is 29.4. The van der Waals surface area contributed by atoms with Crippen LogP contribution in [0.15, 0.2) is 42.5 Å². The van der Waals surface area contributed by atoms with Crippen molar-refractivity contribution in [2.75, 3.05) is 39.3 Å². The third kappa shape index (κ3) is 6.41. The van der Waals surface area contributed by atoms with E-state index in [0.29, 0.717) is 57.8 Å². The van der Waals surface area contributed by atoms with Crippen LogP contribution >= 0.6 is 0 Å². The summed E-state index contributed by atoms with van der Waals surface area (Å²) in [6.07, 6.45) is 19.9. The number of benzene rings is 1. The number of hydrogen-bond donors (Lipinski definition) is 2. The minimum absolute atomic E-state index is 0.0244. The Labute approximate surface area is 333 Å². The van der Waals surface area contributed by atoms with Crippen LogP contribution < -0.4 is 5.32 Å². The third-order valence-electron chi connectivity index (χ3n) is 18.7. The zero-order valence-corrected chi connectivity index (χ0v) is 35.4. The van der Waals surface area contributed by atoms with E-state index in [0.717, 1.165) is 52.1 Å². The second-order valence-electron chi connectivity index (χ2n) is 21.3. The van der Waals surface area contributed by atoms with Gasteiger partial charge in [0.2, 0.25) is 5.91 Å². The molecule has 0 spiro atoms. The number of carboxylic acid groups (broad SMARTS) is 1. The van der Waals surface area contributed by atoms with Crippen LogP contribution in [0.3, 0.4) is 0 Å². The number of piperazine rings is 1. The van der Waals surface area contributed by atoms with Gasteiger partial charge in [-0.15, -0.1) is 0 Å². The van der Waals surface area contributed by atoms with Crippen LogP contribution in [-0.4, -0.2) is 71.6 Å². The van der Waals surface area contributed by atoms with E-state index < -0.39 is 5.97 Å². The molecule has 1 heterocycles. The molecule has 1 aliphatic heterocycles. The minimum Gasteiger partial charge on any atom is -0.478 e. The molecule has 1 amide bonds. The quantitative estimate of drug-likeness (QED) is 0.246. The van der Waals surface area contributed by atoms with Crippen molar-refractivity contribution in [1.82, 2.24) is 15.1 Å². The first-order valence-electron chi connectivity index (χ1n) is 22.6. The molecule has 0 bridgehead atoms. The zero-order chi connectivity index (χ0) is 39.0. The SMILES string of the molecule is C=C(C)[C@@H]1CC[C@]2(NCCN3CCN(C(=O)CC4CCCC4)CC3)CC[C@]3(C)[C@H](CC[C@@H]4[C@@]5(C)CC=C(c6ccc(C(=O)O)cc6)C(C)(C)[C@@H]5CC[C@]43C)[C@@H]12. The van der Waals surface area contributed by atoms with Crippen LogP contribution in [0.4, 0.5) is 0 Å². The number of amides is 1. The molecular weight excluding hydrogens is 679 g/mol. The molecule has 1 saturated heterocycles. The second kappa shape index (κ2) is 14.4. The van der Waals surface area contributed by atoms with Gasteiger partial charge in [0, 0.05) is 51.2 Å². The summed E-state index contributed by atoms with van der Waals surface area (Å²) in [6, 6.07) is 7.65. The summed E-state index contributed by atoms with van der Waals surface area (Å²) in [5.41, 5.74) is 5.45. The Bertz CT molecular complexity index is 1670. The number of aromatic carboxylic acids is 1. The standard InChI is InChI=1S/C49H73N3O3/c1-33(2)37-18-23-49(50-26-27-51-28-30-52(31-29-51)42(53)32-34-10-8-9-11-34)25-24-47(6)39(43(37)49)16-17-41-46(5)21-19-38(35-12-14-36(15-13-35)44(54)55)45(3,4)40(46)20-22-48(41,47)7/h12-15,19,34,37,39-41,43,50H,1,8-11,16-18,20-32H2,2-7H3,(H,54,55)/t37-,39+,40-,41+,43+,46-,47+,48+,49-/m0/s1. The van der Waals surface area contributed by atoms with Gasteiger partial charge >= 0.3 is 5.97 Å². The minimum atomic E-state index is -0.858. The largest absolute Gasteiger partial charge is 0.478 e. The average molecular weight is 752 g/mol. The highest BCUT2D eigenvalue weighted by Crippen LogP contribution is 2.76. The summed E-state index contributed by atoms with van der Waals surface area (Å²) in [5.74, 6) is 3.44. The fourth-order valence-electron chi connectivity index (χ4n) is 15.6. The van der Waals surface area contributed by atoms with Gasteiger partial charge in [-0.2, -0.15) is 0 Å². The molecule has 6 aliphatic carbocycles. The monoisotopic (exact) mass is 752 g/mol. The van der Waals surface area contributed by atoms with Gasteiger partial charge in [0.25, 0.3) is 0 Å². The molecule has 0 unspecified atom stereocenters. The highest BCUT2D eigenvalue weighted by Gasteiger charge is 2.70. The van der Waals surface area contributed by atoms with Gasteiger partial charge in [0.15, 0.2) is 0 Å². The number of hydrogen-bond acceptors (Lipinski definition) is 4. The Morgan fingerprint density at radius 2 is 1.55 bits per heavy atom. The molecular formula is C49H73N3O3. The van der Waals surface area contributed by atoms with Crippen molar-refractivity contribution in [2.45, 2.75) is 137 Å². The van der Waals surface area contributed by atoms with Crippen molar-refractivity contribution in [2.24, 2.45) is 57.2 Å². The van der Waals surface area contributed by atoms with Gasteiger partial charge in [0.1, 0.15) is 0 Å². The number of rotatable bonds is 9. The van der Waals surface area contributed by atoms with Gasteiger partial charge < -0.3 is 15.3 Å². The summed E-state index contributed by atoms with van der Waals surface area (Å²) >= 11 is 0. The molecule has 6 fully saturated rings. The van der Waals surface area contributed by atoms with Gasteiger partial charge in [-0.3, -0.25) is 9.69 Å². The predicted octanol–water partition coefficient (Wildman–Crippen LogP) is 10.1. The fourth-order valence-corrected chi connectivity index (χ4v) is 15.6. The summed E-state index contributed by atoms with van der Waals surface area (Å²) in [6.45, 7) is 26.0. The van der Waals surface area contributed by atoms with Gasteiger partial charge in [-0.1, -0.05) is 77.8 Å². The normalized spacial score (nSPS) is 40.1. The third-order valence-corrected chi connectivity index (χ3v) is 18.7. The van der Waals surface area contributed by atoms with Gasteiger partial charge in [-0.05, 0) is 158 Å². The molecule has 0 radical (unpaired) electrons. The number of carbonyl (C=O) groups excluding carboxylic acids is 1. The Morgan fingerprint density at radius 1 is 0.836 bits per heavy atom. The molecule has 6 nitrogen and oxygen atoms in total. The highest BCUT2D eigenvalue weighted by atomic mass is 16.4. The lowest BCUT2D eigenvalue weighted by Crippen LogP contribution is -2.68. The van der Waals surface area contributed by atoms with E-state index in [2.05, 4.69) is 69.3 Å². The van der Waals surface area contributed by atoms with Crippen LogP contribution in [-0.2, 0) is 4.79 Å². The lowest BCUT2D eigenvalue weighted by atomic mass is 9.33. The van der Waals surface area contributed by atoms with Crippen LogP contribution in [0.5, 0.6) is 0 Å². The summed E-state index contributed by atoms with van der Waals surface area (Å²) in [5, 5.41) is 13.9. The highest BCUT2D eigenvalue weighted by molar-refractivity contribution is 5.88. The van der Waals surface area contributed by atoms with Crippen molar-refractivity contribution < 1.29 is 14.7 Å². The molecule has 55 heavy (non-hydrogen) atoms. The maximum absolute atomic E-state index is 13.0. The van der Waals surface area contributed by atoms with E-state index in [1.165, 1.54) is 93.8 Å². The van der Waals surface area contributed by atoms with E-state index in [9.17, 15) is 14.7 Å². The Hall–Kier alpha value is -2.44. The second-order valence-corrected chi connectivity index (χ2v) is 21.3. The maximum Gasteiger partial charge on any atom is 0.335 e. The van der Waals surface area contributed by atoms with Crippen molar-refractivity contribution >= 4 is 17.4 Å². The summed E-state index contributed by atoms with van der Waals surface area (Å²) in [7, 11) is 0. The van der Waals surface area contributed by atoms with E-state index in [1.54, 1.807) is 12.1 Å². The Balaban J connectivity index is 0.969. The average Bonchev–Trinajstić information content (AvgIpc) is 3.80. The van der Waals surface area contributed by atoms with E-state index in [1.807, 2.05) is 12.1 Å². The van der Waals surface area contributed by atoms with Crippen molar-refractivity contribution in [3.8, 4) is 0 Å². The molecule has 5 saturated carbocycles. The maximum atomic E-state index is 13.0. The molecule has 302 valence electrons. The first-order valence-corrected chi connectivity index (χ1v) is 22.6. The molecule has 2 N–H and O–H groups in total. The number of carboxylic acids is 1. The van der Waals surface area contributed by atoms with Gasteiger partial charge in [0.05, 0.1) is 5.56 Å². The topological polar surface area (TPSA) is 72.9 Å². The van der Waals surface area contributed by atoms with Crippen molar-refractivity contribution in [3.63, 3.8) is 0 Å².